The maximum atomic E-state index is 13.2. The zero-order chi connectivity index (χ0) is 29.5. The van der Waals surface area contributed by atoms with E-state index in [1.807, 2.05) is 4.90 Å². The van der Waals surface area contributed by atoms with E-state index >= 15 is 0 Å². The second-order valence-corrected chi connectivity index (χ2v) is 11.3. The lowest BCUT2D eigenvalue weighted by atomic mass is 9.88. The van der Waals surface area contributed by atoms with E-state index in [2.05, 4.69) is 25.3 Å². The highest BCUT2D eigenvalue weighted by molar-refractivity contribution is 5.93. The molecule has 0 bridgehead atoms. The first-order valence-corrected chi connectivity index (χ1v) is 14.8. The number of aromatic nitrogens is 2. The number of piperidine rings is 1. The summed E-state index contributed by atoms with van der Waals surface area (Å²) in [5.74, 6) is 0.252. The highest BCUT2D eigenvalue weighted by Gasteiger charge is 2.34. The summed E-state index contributed by atoms with van der Waals surface area (Å²) < 4.78 is 58.8. The van der Waals surface area contributed by atoms with Crippen LogP contribution < -0.4 is 10.6 Å². The van der Waals surface area contributed by atoms with Crippen molar-refractivity contribution in [3.05, 3.63) is 42.1 Å². The molecule has 0 aromatic carbocycles. The van der Waals surface area contributed by atoms with Gasteiger partial charge in [0, 0.05) is 57.4 Å². The van der Waals surface area contributed by atoms with Gasteiger partial charge in [-0.25, -0.2) is 9.97 Å². The van der Waals surface area contributed by atoms with Gasteiger partial charge in [0.2, 0.25) is 0 Å². The zero-order valence-electron chi connectivity index (χ0n) is 23.9. The number of ether oxygens (including phenoxy) is 4. The molecule has 4 heterocycles. The van der Waals surface area contributed by atoms with Gasteiger partial charge in [0.05, 0.1) is 24.9 Å². The number of hydrogen-bond donors (Lipinski definition) is 2. The van der Waals surface area contributed by atoms with Crippen molar-refractivity contribution in [2.75, 3.05) is 45.3 Å². The number of nitrogens with zero attached hydrogens (tertiary/aromatic N) is 3. The predicted octanol–water partition coefficient (Wildman–Crippen LogP) is 3.82. The van der Waals surface area contributed by atoms with Crippen LogP contribution in [0.5, 0.6) is 0 Å². The molecule has 1 aliphatic carbocycles. The van der Waals surface area contributed by atoms with Gasteiger partial charge in [0.25, 0.3) is 5.91 Å². The molecule has 1 aromatic heterocycles. The average molecular weight is 596 g/mol. The molecule has 0 spiro atoms. The molecule has 42 heavy (non-hydrogen) atoms. The molecule has 0 saturated carbocycles. The Labute approximate surface area is 244 Å². The fourth-order valence-electron chi connectivity index (χ4n) is 6.14. The average Bonchev–Trinajstić information content (AvgIpc) is 3.00. The first kappa shape index (κ1) is 30.7. The minimum atomic E-state index is -4.69. The molecule has 3 fully saturated rings. The molecule has 3 aliphatic heterocycles. The van der Waals surface area contributed by atoms with Crippen LogP contribution in [0.15, 0.2) is 36.4 Å². The number of alkyl halides is 3. The first-order chi connectivity index (χ1) is 20.3. The van der Waals surface area contributed by atoms with E-state index in [1.165, 1.54) is 18.5 Å². The normalized spacial score (nSPS) is 29.2. The Balaban J connectivity index is 1.07. The number of hydrogen-bond acceptors (Lipinski definition) is 9. The monoisotopic (exact) mass is 595 g/mol. The minimum Gasteiger partial charge on any atom is -0.406 e. The summed E-state index contributed by atoms with van der Waals surface area (Å²) in [6.45, 7) is 3.13. The van der Waals surface area contributed by atoms with Crippen molar-refractivity contribution in [2.45, 2.75) is 81.7 Å². The van der Waals surface area contributed by atoms with E-state index in [0.717, 1.165) is 45.1 Å². The number of carbonyl (C=O) groups is 1. The quantitative estimate of drug-likeness (QED) is 0.441. The number of rotatable bonds is 9. The number of carbonyl (C=O) groups excluding carboxylic acids is 1. The highest BCUT2D eigenvalue weighted by atomic mass is 19.4. The topological polar surface area (TPSA) is 107 Å². The van der Waals surface area contributed by atoms with Crippen molar-refractivity contribution < 1.29 is 36.9 Å². The second kappa shape index (κ2) is 14.2. The molecule has 0 radical (unpaired) electrons. The van der Waals surface area contributed by atoms with Gasteiger partial charge in [-0.2, -0.15) is 0 Å². The van der Waals surface area contributed by atoms with E-state index in [-0.39, 0.29) is 41.9 Å². The summed E-state index contributed by atoms with van der Waals surface area (Å²) in [6.07, 6.45) is 6.87. The smallest absolute Gasteiger partial charge is 0.406 e. The standard InChI is InChI=1S/C29H40F3N5O5/c1-39-26-17-40-14-11-23(26)36-20-9-12-37(13-10-20)28(38)24-15-27(35-18-34-24)33-16-22-3-2-4-25(41-22)19-5-7-21(8-6-19)42-29(30,31)32/h5,7-8,15,18-20,22-23,25-26,36H,2-4,6,9-14,16-17H2,1H3,(H,33,34,35)/t19?,22-,23+,25+,26-/m1/s1. The number of anilines is 1. The van der Waals surface area contributed by atoms with Gasteiger partial charge in [-0.15, -0.1) is 13.2 Å². The fourth-order valence-corrected chi connectivity index (χ4v) is 6.14. The van der Waals surface area contributed by atoms with Gasteiger partial charge in [-0.05, 0) is 57.1 Å². The Kier molecular flexibility index (Phi) is 10.3. The number of amides is 1. The van der Waals surface area contributed by atoms with Crippen molar-refractivity contribution in [1.82, 2.24) is 20.2 Å². The zero-order valence-corrected chi connectivity index (χ0v) is 23.9. The summed E-state index contributed by atoms with van der Waals surface area (Å²) in [4.78, 5) is 23.6. The van der Waals surface area contributed by atoms with E-state index in [1.54, 1.807) is 19.3 Å². The Hall–Kier alpha value is -2.74. The van der Waals surface area contributed by atoms with Crippen LogP contribution in [0.1, 0.15) is 55.4 Å². The van der Waals surface area contributed by atoms with Gasteiger partial charge in [-0.3, -0.25) is 4.79 Å². The summed E-state index contributed by atoms with van der Waals surface area (Å²) in [5, 5.41) is 6.98. The predicted molar refractivity (Wildman–Crippen MR) is 148 cm³/mol. The van der Waals surface area contributed by atoms with E-state index in [0.29, 0.717) is 50.2 Å². The van der Waals surface area contributed by atoms with Crippen LogP contribution in [0.2, 0.25) is 0 Å². The molecule has 10 nitrogen and oxygen atoms in total. The first-order valence-electron chi connectivity index (χ1n) is 14.8. The minimum absolute atomic E-state index is 0.00548. The Morgan fingerprint density at radius 3 is 2.74 bits per heavy atom. The molecule has 2 N–H and O–H groups in total. The number of methoxy groups -OCH3 is 1. The second-order valence-electron chi connectivity index (χ2n) is 11.3. The Morgan fingerprint density at radius 1 is 1.17 bits per heavy atom. The summed E-state index contributed by atoms with van der Waals surface area (Å²) >= 11 is 0. The van der Waals surface area contributed by atoms with E-state index in [4.69, 9.17) is 14.2 Å². The van der Waals surface area contributed by atoms with Crippen molar-refractivity contribution in [3.8, 4) is 0 Å². The van der Waals surface area contributed by atoms with Crippen molar-refractivity contribution in [3.63, 3.8) is 0 Å². The number of likely N-dealkylation sites (tertiary alicyclic amines) is 1. The largest absolute Gasteiger partial charge is 0.573 e. The molecular weight excluding hydrogens is 555 g/mol. The lowest BCUT2D eigenvalue weighted by molar-refractivity contribution is -0.303. The molecule has 232 valence electrons. The van der Waals surface area contributed by atoms with Crippen LogP contribution in [0, 0.1) is 5.92 Å². The van der Waals surface area contributed by atoms with Crippen LogP contribution in [0.3, 0.4) is 0 Å². The number of allylic oxidation sites excluding steroid dienone is 2. The van der Waals surface area contributed by atoms with Crippen molar-refractivity contribution in [2.24, 2.45) is 5.92 Å². The molecular formula is C29H40F3N5O5. The molecule has 4 aliphatic rings. The maximum Gasteiger partial charge on any atom is 0.573 e. The lowest BCUT2D eigenvalue weighted by Gasteiger charge is -2.38. The van der Waals surface area contributed by atoms with Crippen molar-refractivity contribution in [1.29, 1.82) is 0 Å². The third kappa shape index (κ3) is 8.42. The number of halogens is 3. The Bertz CT molecular complexity index is 1110. The summed E-state index contributed by atoms with van der Waals surface area (Å²) in [6, 6.07) is 2.26. The van der Waals surface area contributed by atoms with Crippen LogP contribution >= 0.6 is 0 Å². The molecule has 13 heteroatoms. The maximum absolute atomic E-state index is 13.2. The molecule has 3 saturated heterocycles. The van der Waals surface area contributed by atoms with Crippen LogP contribution in [-0.2, 0) is 18.9 Å². The third-order valence-corrected chi connectivity index (χ3v) is 8.43. The third-order valence-electron chi connectivity index (χ3n) is 8.43. The SMILES string of the molecule is CO[C@@H]1COCC[C@@H]1NC1CCN(C(=O)c2cc(NC[C@H]3CCC[C@@H](C4C=CC(OC(F)(F)F)=CC4)O3)ncn2)CC1. The van der Waals surface area contributed by atoms with E-state index < -0.39 is 6.36 Å². The van der Waals surface area contributed by atoms with Crippen LogP contribution in [-0.4, -0.2) is 97.5 Å². The van der Waals surface area contributed by atoms with Gasteiger partial charge >= 0.3 is 6.36 Å². The molecule has 1 unspecified atom stereocenters. The van der Waals surface area contributed by atoms with Gasteiger partial charge in [0.1, 0.15) is 23.6 Å². The summed E-state index contributed by atoms with van der Waals surface area (Å²) in [5.41, 5.74) is 0.348. The Morgan fingerprint density at radius 2 is 2.00 bits per heavy atom. The van der Waals surface area contributed by atoms with Crippen LogP contribution in [0.25, 0.3) is 0 Å². The van der Waals surface area contributed by atoms with Crippen molar-refractivity contribution >= 4 is 11.7 Å². The van der Waals surface area contributed by atoms with Crippen LogP contribution in [0.4, 0.5) is 19.0 Å². The lowest BCUT2D eigenvalue weighted by Crippen LogP contribution is -2.54. The van der Waals surface area contributed by atoms with Gasteiger partial charge in [-0.1, -0.05) is 6.08 Å². The number of nitrogens with one attached hydrogen (secondary N) is 2. The molecule has 1 aromatic rings. The molecule has 5 atom stereocenters. The molecule has 1 amide bonds. The highest BCUT2D eigenvalue weighted by Crippen LogP contribution is 2.32. The van der Waals surface area contributed by atoms with Gasteiger partial charge in [0.15, 0.2) is 0 Å². The fraction of sp³-hybridized carbons (Fsp3) is 0.690. The van der Waals surface area contributed by atoms with Gasteiger partial charge < -0.3 is 34.5 Å². The van der Waals surface area contributed by atoms with E-state index in [9.17, 15) is 18.0 Å². The molecule has 5 rings (SSSR count). The summed E-state index contributed by atoms with van der Waals surface area (Å²) in [7, 11) is 1.71.